The summed E-state index contributed by atoms with van der Waals surface area (Å²) in [6.45, 7) is 7.20. The lowest BCUT2D eigenvalue weighted by Crippen LogP contribution is -2.24. The second kappa shape index (κ2) is 7.57. The molecule has 0 saturated heterocycles. The van der Waals surface area contributed by atoms with Crippen molar-refractivity contribution in [1.29, 1.82) is 0 Å². The summed E-state index contributed by atoms with van der Waals surface area (Å²) in [5, 5.41) is 2.97. The van der Waals surface area contributed by atoms with Gasteiger partial charge in [-0.3, -0.25) is 4.79 Å². The molecule has 1 aromatic carbocycles. The van der Waals surface area contributed by atoms with Crippen LogP contribution in [-0.4, -0.2) is 12.5 Å². The Morgan fingerprint density at radius 1 is 1.33 bits per heavy atom. The summed E-state index contributed by atoms with van der Waals surface area (Å²) in [5.74, 6) is 0.768. The van der Waals surface area contributed by atoms with Crippen LogP contribution in [0.4, 0.5) is 0 Å². The van der Waals surface area contributed by atoms with Gasteiger partial charge in [0, 0.05) is 16.6 Å². The Labute approximate surface area is 118 Å². The summed E-state index contributed by atoms with van der Waals surface area (Å²) in [5.41, 5.74) is 1.82. The van der Waals surface area contributed by atoms with E-state index in [4.69, 9.17) is 0 Å². The van der Waals surface area contributed by atoms with E-state index in [9.17, 15) is 4.79 Å². The minimum Gasteiger partial charge on any atom is -0.352 e. The average Bonchev–Trinajstić information content (AvgIpc) is 2.31. The first-order valence-electron chi connectivity index (χ1n) is 6.55. The highest BCUT2D eigenvalue weighted by Crippen LogP contribution is 2.17. The molecule has 2 nitrogen and oxygen atoms in total. The van der Waals surface area contributed by atoms with Crippen LogP contribution in [0, 0.1) is 12.8 Å². The zero-order chi connectivity index (χ0) is 13.5. The Hall–Kier alpha value is -0.830. The predicted molar refractivity (Wildman–Crippen MR) is 79.9 cm³/mol. The molecule has 0 fully saturated rings. The molecule has 18 heavy (non-hydrogen) atoms. The second-order valence-electron chi connectivity index (χ2n) is 5.11. The quantitative estimate of drug-likeness (QED) is 0.779. The SMILES string of the molecule is Cc1cc(C(=O)NCCCCC(C)C)ccc1Br. The topological polar surface area (TPSA) is 29.1 Å². The highest BCUT2D eigenvalue weighted by molar-refractivity contribution is 9.10. The zero-order valence-electron chi connectivity index (χ0n) is 11.4. The van der Waals surface area contributed by atoms with Crippen LogP contribution in [0.2, 0.25) is 0 Å². The number of hydrogen-bond acceptors (Lipinski definition) is 1. The fraction of sp³-hybridized carbons (Fsp3) is 0.533. The largest absolute Gasteiger partial charge is 0.352 e. The van der Waals surface area contributed by atoms with Crippen molar-refractivity contribution >= 4 is 21.8 Å². The molecule has 0 saturated carbocycles. The van der Waals surface area contributed by atoms with Gasteiger partial charge >= 0.3 is 0 Å². The number of halogens is 1. The van der Waals surface area contributed by atoms with E-state index in [1.165, 1.54) is 12.8 Å². The molecule has 0 radical (unpaired) electrons. The van der Waals surface area contributed by atoms with Crippen molar-refractivity contribution in [2.75, 3.05) is 6.54 Å². The lowest BCUT2D eigenvalue weighted by Gasteiger charge is -2.07. The molecular weight excluding hydrogens is 290 g/mol. The molecule has 0 bridgehead atoms. The van der Waals surface area contributed by atoms with Crippen LogP contribution in [0.15, 0.2) is 22.7 Å². The standard InChI is InChI=1S/C15H22BrNO/c1-11(2)6-4-5-9-17-15(18)13-7-8-14(16)12(3)10-13/h7-8,10-11H,4-6,9H2,1-3H3,(H,17,18). The molecule has 1 amide bonds. The lowest BCUT2D eigenvalue weighted by molar-refractivity contribution is 0.0953. The predicted octanol–water partition coefficient (Wildman–Crippen LogP) is 4.31. The van der Waals surface area contributed by atoms with E-state index in [-0.39, 0.29) is 5.91 Å². The number of carbonyl (C=O) groups is 1. The van der Waals surface area contributed by atoms with Gasteiger partial charge in [-0.15, -0.1) is 0 Å². The number of amides is 1. The molecule has 0 atom stereocenters. The molecule has 1 N–H and O–H groups in total. The van der Waals surface area contributed by atoms with Crippen molar-refractivity contribution in [3.63, 3.8) is 0 Å². The molecule has 0 aliphatic carbocycles. The monoisotopic (exact) mass is 311 g/mol. The van der Waals surface area contributed by atoms with Gasteiger partial charge in [-0.05, 0) is 43.0 Å². The number of aryl methyl sites for hydroxylation is 1. The Bertz CT molecular complexity index is 401. The van der Waals surface area contributed by atoms with E-state index in [2.05, 4.69) is 35.1 Å². The number of rotatable bonds is 6. The van der Waals surface area contributed by atoms with Crippen molar-refractivity contribution < 1.29 is 4.79 Å². The first-order chi connectivity index (χ1) is 8.50. The highest BCUT2D eigenvalue weighted by atomic mass is 79.9. The fourth-order valence-electron chi connectivity index (χ4n) is 1.77. The van der Waals surface area contributed by atoms with E-state index in [1.54, 1.807) is 0 Å². The Morgan fingerprint density at radius 2 is 2.06 bits per heavy atom. The maximum atomic E-state index is 11.9. The molecule has 3 heteroatoms. The van der Waals surface area contributed by atoms with Crippen LogP contribution in [-0.2, 0) is 0 Å². The number of carbonyl (C=O) groups excluding carboxylic acids is 1. The van der Waals surface area contributed by atoms with Gasteiger partial charge in [0.2, 0.25) is 0 Å². The fourth-order valence-corrected chi connectivity index (χ4v) is 2.01. The third-order valence-corrected chi connectivity index (χ3v) is 3.80. The third kappa shape index (κ3) is 5.21. The maximum Gasteiger partial charge on any atom is 0.251 e. The van der Waals surface area contributed by atoms with Gasteiger partial charge in [0.15, 0.2) is 0 Å². The maximum absolute atomic E-state index is 11.9. The summed E-state index contributed by atoms with van der Waals surface area (Å²) in [4.78, 5) is 11.9. The number of benzene rings is 1. The number of hydrogen-bond donors (Lipinski definition) is 1. The lowest BCUT2D eigenvalue weighted by atomic mass is 10.1. The van der Waals surface area contributed by atoms with Crippen LogP contribution < -0.4 is 5.32 Å². The van der Waals surface area contributed by atoms with Gasteiger partial charge in [0.1, 0.15) is 0 Å². The van der Waals surface area contributed by atoms with E-state index < -0.39 is 0 Å². The van der Waals surface area contributed by atoms with Gasteiger partial charge in [0.05, 0.1) is 0 Å². The summed E-state index contributed by atoms with van der Waals surface area (Å²) in [6, 6.07) is 5.68. The van der Waals surface area contributed by atoms with Crippen LogP contribution in [0.25, 0.3) is 0 Å². The molecule has 0 aliphatic rings. The van der Waals surface area contributed by atoms with Crippen LogP contribution in [0.3, 0.4) is 0 Å². The summed E-state index contributed by atoms with van der Waals surface area (Å²) in [7, 11) is 0. The van der Waals surface area contributed by atoms with E-state index in [0.717, 1.165) is 34.5 Å². The Balaban J connectivity index is 2.34. The van der Waals surface area contributed by atoms with E-state index in [1.807, 2.05) is 25.1 Å². The molecule has 0 heterocycles. The van der Waals surface area contributed by atoms with Gasteiger partial charge in [-0.1, -0.05) is 42.6 Å². The van der Waals surface area contributed by atoms with Crippen molar-refractivity contribution in [3.05, 3.63) is 33.8 Å². The van der Waals surface area contributed by atoms with Gasteiger partial charge in [-0.25, -0.2) is 0 Å². The molecule has 1 aromatic rings. The van der Waals surface area contributed by atoms with Crippen molar-refractivity contribution in [2.45, 2.75) is 40.0 Å². The first kappa shape index (κ1) is 15.2. The normalized spacial score (nSPS) is 10.7. The van der Waals surface area contributed by atoms with E-state index >= 15 is 0 Å². The molecule has 100 valence electrons. The molecule has 0 unspecified atom stereocenters. The smallest absolute Gasteiger partial charge is 0.251 e. The molecular formula is C15H22BrNO. The van der Waals surface area contributed by atoms with Crippen LogP contribution in [0.5, 0.6) is 0 Å². The van der Waals surface area contributed by atoms with Gasteiger partial charge < -0.3 is 5.32 Å². The average molecular weight is 312 g/mol. The minimum atomic E-state index is 0.0233. The van der Waals surface area contributed by atoms with Gasteiger partial charge in [0.25, 0.3) is 5.91 Å². The molecule has 0 spiro atoms. The molecule has 0 aromatic heterocycles. The summed E-state index contributed by atoms with van der Waals surface area (Å²) in [6.07, 6.45) is 3.46. The minimum absolute atomic E-state index is 0.0233. The van der Waals surface area contributed by atoms with Crippen LogP contribution in [0.1, 0.15) is 49.0 Å². The van der Waals surface area contributed by atoms with Crippen LogP contribution >= 0.6 is 15.9 Å². The Kier molecular flexibility index (Phi) is 6.41. The zero-order valence-corrected chi connectivity index (χ0v) is 13.0. The second-order valence-corrected chi connectivity index (χ2v) is 5.96. The number of nitrogens with one attached hydrogen (secondary N) is 1. The Morgan fingerprint density at radius 3 is 2.67 bits per heavy atom. The van der Waals surface area contributed by atoms with Crippen molar-refractivity contribution in [1.82, 2.24) is 5.32 Å². The third-order valence-electron chi connectivity index (χ3n) is 2.91. The number of unbranched alkanes of at least 4 members (excludes halogenated alkanes) is 1. The summed E-state index contributed by atoms with van der Waals surface area (Å²) < 4.78 is 1.04. The molecule has 1 rings (SSSR count). The summed E-state index contributed by atoms with van der Waals surface area (Å²) >= 11 is 3.43. The van der Waals surface area contributed by atoms with Gasteiger partial charge in [-0.2, -0.15) is 0 Å². The highest BCUT2D eigenvalue weighted by Gasteiger charge is 2.06. The van der Waals surface area contributed by atoms with Crippen molar-refractivity contribution in [2.24, 2.45) is 5.92 Å². The van der Waals surface area contributed by atoms with E-state index in [0.29, 0.717) is 0 Å². The molecule has 0 aliphatic heterocycles. The van der Waals surface area contributed by atoms with Crippen molar-refractivity contribution in [3.8, 4) is 0 Å². The first-order valence-corrected chi connectivity index (χ1v) is 7.34.